The summed E-state index contributed by atoms with van der Waals surface area (Å²) in [5, 5.41) is 20.2. The van der Waals surface area contributed by atoms with Gasteiger partial charge >= 0.3 is 5.97 Å². The molecule has 0 aliphatic carbocycles. The third kappa shape index (κ3) is 2.75. The van der Waals surface area contributed by atoms with Gasteiger partial charge in [-0.2, -0.15) is 0 Å². The number of likely N-dealkylation sites (tertiary alicyclic amines) is 1. The zero-order valence-electron chi connectivity index (χ0n) is 12.2. The molecule has 1 aromatic heterocycles. The number of aliphatic carboxylic acids is 1. The lowest BCUT2D eigenvalue weighted by molar-refractivity contribution is -0.162. The van der Waals surface area contributed by atoms with E-state index in [0.717, 1.165) is 0 Å². The van der Waals surface area contributed by atoms with Crippen molar-refractivity contribution < 1.29 is 19.8 Å². The molecule has 1 saturated heterocycles. The highest BCUT2D eigenvalue weighted by atomic mass is 35.5. The van der Waals surface area contributed by atoms with Crippen LogP contribution in [0.25, 0.3) is 10.9 Å². The fraction of sp³-hybridized carbons (Fsp3) is 0.312. The molecule has 2 aromatic rings. The Morgan fingerprint density at radius 2 is 1.91 bits per heavy atom. The van der Waals surface area contributed by atoms with E-state index in [9.17, 15) is 14.7 Å². The van der Waals surface area contributed by atoms with Gasteiger partial charge in [0.2, 0.25) is 0 Å². The molecule has 0 atom stereocenters. The molecule has 120 valence electrons. The van der Waals surface area contributed by atoms with E-state index in [1.807, 2.05) is 0 Å². The number of hydrogen-bond acceptors (Lipinski definition) is 4. The van der Waals surface area contributed by atoms with Gasteiger partial charge in [-0.05, 0) is 24.3 Å². The summed E-state index contributed by atoms with van der Waals surface area (Å²) >= 11 is 6.13. The molecule has 3 rings (SSSR count). The zero-order valence-corrected chi connectivity index (χ0v) is 13.0. The van der Waals surface area contributed by atoms with Crippen molar-refractivity contribution in [1.29, 1.82) is 0 Å². The molecule has 7 heteroatoms. The summed E-state index contributed by atoms with van der Waals surface area (Å²) in [5.74, 6) is -1.49. The van der Waals surface area contributed by atoms with E-state index in [2.05, 4.69) is 4.98 Å². The Morgan fingerprint density at radius 1 is 1.22 bits per heavy atom. The molecule has 23 heavy (non-hydrogen) atoms. The zero-order chi connectivity index (χ0) is 16.6. The minimum absolute atomic E-state index is 0.00697. The van der Waals surface area contributed by atoms with E-state index in [4.69, 9.17) is 16.7 Å². The number of carboxylic acids is 1. The minimum Gasteiger partial charge on any atom is -0.479 e. The Balaban J connectivity index is 1.88. The number of fused-ring (bicyclic) bond motifs is 1. The summed E-state index contributed by atoms with van der Waals surface area (Å²) < 4.78 is 0. The number of carbonyl (C=O) groups is 2. The fourth-order valence-electron chi connectivity index (χ4n) is 2.77. The predicted octanol–water partition coefficient (Wildman–Crippen LogP) is 1.94. The fourth-order valence-corrected chi connectivity index (χ4v) is 2.99. The summed E-state index contributed by atoms with van der Waals surface area (Å²) in [5.41, 5.74) is -0.813. The Labute approximate surface area is 137 Å². The first kappa shape index (κ1) is 15.7. The molecule has 1 aromatic carbocycles. The molecule has 1 fully saturated rings. The number of carboxylic acid groups (broad SMARTS) is 1. The molecule has 2 N–H and O–H groups in total. The summed E-state index contributed by atoms with van der Waals surface area (Å²) in [6.07, 6.45) is 1.61. The lowest BCUT2D eigenvalue weighted by Gasteiger charge is -2.35. The topological polar surface area (TPSA) is 90.7 Å². The van der Waals surface area contributed by atoms with Gasteiger partial charge in [-0.3, -0.25) is 9.78 Å². The third-order valence-corrected chi connectivity index (χ3v) is 4.55. The lowest BCUT2D eigenvalue weighted by atomic mass is 9.91. The van der Waals surface area contributed by atoms with Crippen LogP contribution in [-0.4, -0.2) is 50.7 Å². The number of piperidine rings is 1. The highest BCUT2D eigenvalue weighted by Gasteiger charge is 2.40. The first-order chi connectivity index (χ1) is 10.9. The first-order valence-electron chi connectivity index (χ1n) is 7.21. The van der Waals surface area contributed by atoms with Crippen LogP contribution in [0.3, 0.4) is 0 Å². The van der Waals surface area contributed by atoms with E-state index >= 15 is 0 Å². The summed E-state index contributed by atoms with van der Waals surface area (Å²) in [6.45, 7) is 0.358. The van der Waals surface area contributed by atoms with Crippen molar-refractivity contribution in [1.82, 2.24) is 9.88 Å². The van der Waals surface area contributed by atoms with Crippen LogP contribution in [0.5, 0.6) is 0 Å². The molecule has 1 aliphatic heterocycles. The van der Waals surface area contributed by atoms with Crippen LogP contribution in [0.2, 0.25) is 5.02 Å². The normalized spacial score (nSPS) is 17.2. The van der Waals surface area contributed by atoms with Gasteiger partial charge in [-0.25, -0.2) is 4.79 Å². The molecule has 0 bridgehead atoms. The molecule has 0 spiro atoms. The number of aromatic nitrogens is 1. The summed E-state index contributed by atoms with van der Waals surface area (Å²) in [4.78, 5) is 29.6. The molecule has 6 nitrogen and oxygen atoms in total. The molecule has 2 heterocycles. The van der Waals surface area contributed by atoms with E-state index in [1.165, 1.54) is 4.90 Å². The Morgan fingerprint density at radius 3 is 2.57 bits per heavy atom. The Bertz CT molecular complexity index is 785. The van der Waals surface area contributed by atoms with Gasteiger partial charge < -0.3 is 15.1 Å². The van der Waals surface area contributed by atoms with Gasteiger partial charge in [0.05, 0.1) is 16.1 Å². The number of benzene rings is 1. The average molecular weight is 335 g/mol. The number of hydrogen-bond donors (Lipinski definition) is 2. The van der Waals surface area contributed by atoms with Crippen molar-refractivity contribution >= 4 is 34.4 Å². The van der Waals surface area contributed by atoms with Crippen molar-refractivity contribution in [3.05, 3.63) is 41.0 Å². The predicted molar refractivity (Wildman–Crippen MR) is 84.5 cm³/mol. The highest BCUT2D eigenvalue weighted by molar-refractivity contribution is 6.36. The maximum Gasteiger partial charge on any atom is 0.335 e. The van der Waals surface area contributed by atoms with Crippen LogP contribution < -0.4 is 0 Å². The monoisotopic (exact) mass is 334 g/mol. The smallest absolute Gasteiger partial charge is 0.335 e. The Kier molecular flexibility index (Phi) is 3.95. The largest absolute Gasteiger partial charge is 0.479 e. The molecule has 1 amide bonds. The number of nitrogens with zero attached hydrogens (tertiary/aromatic N) is 2. The van der Waals surface area contributed by atoms with E-state index < -0.39 is 11.6 Å². The summed E-state index contributed by atoms with van der Waals surface area (Å²) in [6, 6.07) is 6.81. The standard InChI is InChI=1S/C16H15ClN2O4/c17-12-4-3-11(13-10(12)2-1-7-18-13)14(20)19-8-5-16(23,6-9-19)15(21)22/h1-4,7,23H,5-6,8-9H2,(H,21,22). The van der Waals surface area contributed by atoms with E-state index in [0.29, 0.717) is 21.5 Å². The van der Waals surface area contributed by atoms with E-state index in [-0.39, 0.29) is 31.8 Å². The number of halogens is 1. The number of amides is 1. The van der Waals surface area contributed by atoms with Crippen LogP contribution in [0.15, 0.2) is 30.5 Å². The van der Waals surface area contributed by atoms with Crippen molar-refractivity contribution in [3.63, 3.8) is 0 Å². The van der Waals surface area contributed by atoms with Gasteiger partial charge in [-0.1, -0.05) is 11.6 Å². The van der Waals surface area contributed by atoms with Crippen LogP contribution in [0, 0.1) is 0 Å². The van der Waals surface area contributed by atoms with E-state index in [1.54, 1.807) is 30.5 Å². The van der Waals surface area contributed by atoms with Crippen LogP contribution in [0.4, 0.5) is 0 Å². The van der Waals surface area contributed by atoms with Crippen LogP contribution in [-0.2, 0) is 4.79 Å². The molecular weight excluding hydrogens is 320 g/mol. The highest BCUT2D eigenvalue weighted by Crippen LogP contribution is 2.28. The number of pyridine rings is 1. The van der Waals surface area contributed by atoms with Crippen LogP contribution in [0.1, 0.15) is 23.2 Å². The molecule has 0 saturated carbocycles. The van der Waals surface area contributed by atoms with Crippen molar-refractivity contribution in [3.8, 4) is 0 Å². The van der Waals surface area contributed by atoms with Gasteiger partial charge in [0, 0.05) is 37.5 Å². The number of aliphatic hydroxyl groups is 1. The van der Waals surface area contributed by atoms with Gasteiger partial charge in [0.1, 0.15) is 0 Å². The maximum atomic E-state index is 12.7. The minimum atomic E-state index is -1.75. The van der Waals surface area contributed by atoms with Crippen LogP contribution >= 0.6 is 11.6 Å². The number of carbonyl (C=O) groups excluding carboxylic acids is 1. The van der Waals surface area contributed by atoms with Gasteiger partial charge in [0.15, 0.2) is 5.60 Å². The molecule has 1 aliphatic rings. The SMILES string of the molecule is O=C(c1ccc(Cl)c2cccnc12)N1CCC(O)(C(=O)O)CC1. The molecule has 0 unspecified atom stereocenters. The summed E-state index contributed by atoms with van der Waals surface area (Å²) in [7, 11) is 0. The second kappa shape index (κ2) is 5.79. The Hall–Kier alpha value is -2.18. The first-order valence-corrected chi connectivity index (χ1v) is 7.58. The van der Waals surface area contributed by atoms with Gasteiger partial charge in [0.25, 0.3) is 5.91 Å². The molecule has 0 radical (unpaired) electrons. The quantitative estimate of drug-likeness (QED) is 0.875. The van der Waals surface area contributed by atoms with Crippen molar-refractivity contribution in [2.24, 2.45) is 0 Å². The van der Waals surface area contributed by atoms with Gasteiger partial charge in [-0.15, -0.1) is 0 Å². The number of rotatable bonds is 2. The average Bonchev–Trinajstić information content (AvgIpc) is 2.55. The second-order valence-corrected chi connectivity index (χ2v) is 6.03. The lowest BCUT2D eigenvalue weighted by Crippen LogP contribution is -2.50. The van der Waals surface area contributed by atoms with Crippen molar-refractivity contribution in [2.45, 2.75) is 18.4 Å². The maximum absolute atomic E-state index is 12.7. The van der Waals surface area contributed by atoms with Crippen molar-refractivity contribution in [2.75, 3.05) is 13.1 Å². The molecular formula is C16H15ClN2O4. The third-order valence-electron chi connectivity index (χ3n) is 4.22. The second-order valence-electron chi connectivity index (χ2n) is 5.62.